The van der Waals surface area contributed by atoms with Crippen LogP contribution in [0.4, 0.5) is 17.1 Å². The quantitative estimate of drug-likeness (QED) is 0.231. The SMILES string of the molecule is c1ccc(N(c2ccc3c(ccc4c5ccccc5ccc34)c2)c2ccc3oc4ccccc4c3c2)cc1. The molecule has 1 aromatic heterocycles. The summed E-state index contributed by atoms with van der Waals surface area (Å²) in [6.45, 7) is 0. The molecule has 8 aromatic rings. The summed E-state index contributed by atoms with van der Waals surface area (Å²) in [4.78, 5) is 2.32. The molecule has 178 valence electrons. The molecule has 0 spiro atoms. The van der Waals surface area contributed by atoms with Gasteiger partial charge in [0.15, 0.2) is 0 Å². The molecule has 1 heterocycles. The molecule has 0 bridgehead atoms. The number of furan rings is 1. The van der Waals surface area contributed by atoms with Crippen molar-refractivity contribution >= 4 is 71.3 Å². The van der Waals surface area contributed by atoms with E-state index in [0.29, 0.717) is 0 Å². The summed E-state index contributed by atoms with van der Waals surface area (Å²) in [7, 11) is 0. The predicted octanol–water partition coefficient (Wildman–Crippen LogP) is 10.5. The monoisotopic (exact) mass is 485 g/mol. The summed E-state index contributed by atoms with van der Waals surface area (Å²) in [5, 5.41) is 9.89. The molecule has 0 aliphatic heterocycles. The molecule has 0 aliphatic carbocycles. The van der Waals surface area contributed by atoms with Gasteiger partial charge in [0.1, 0.15) is 11.2 Å². The van der Waals surface area contributed by atoms with Crippen molar-refractivity contribution < 1.29 is 4.42 Å². The third-order valence-electron chi connectivity index (χ3n) is 7.62. The van der Waals surface area contributed by atoms with Gasteiger partial charge in [-0.05, 0) is 80.8 Å². The van der Waals surface area contributed by atoms with Gasteiger partial charge in [0.05, 0.1) is 0 Å². The summed E-state index contributed by atoms with van der Waals surface area (Å²) in [5.74, 6) is 0. The molecule has 8 rings (SSSR count). The van der Waals surface area contributed by atoms with Crippen molar-refractivity contribution in [1.82, 2.24) is 0 Å². The van der Waals surface area contributed by atoms with Crippen molar-refractivity contribution in [2.45, 2.75) is 0 Å². The second-order valence-corrected chi connectivity index (χ2v) is 9.80. The lowest BCUT2D eigenvalue weighted by Gasteiger charge is -2.26. The number of anilines is 3. The van der Waals surface area contributed by atoms with Gasteiger partial charge >= 0.3 is 0 Å². The molecule has 0 unspecified atom stereocenters. The van der Waals surface area contributed by atoms with E-state index in [0.717, 1.165) is 39.0 Å². The third-order valence-corrected chi connectivity index (χ3v) is 7.62. The van der Waals surface area contributed by atoms with E-state index in [1.807, 2.05) is 12.1 Å². The van der Waals surface area contributed by atoms with E-state index in [4.69, 9.17) is 4.42 Å². The smallest absolute Gasteiger partial charge is 0.135 e. The number of fused-ring (bicyclic) bond motifs is 8. The zero-order valence-electron chi connectivity index (χ0n) is 20.6. The fraction of sp³-hybridized carbons (Fsp3) is 0. The van der Waals surface area contributed by atoms with Crippen molar-refractivity contribution in [2.24, 2.45) is 0 Å². The van der Waals surface area contributed by atoms with Crippen LogP contribution < -0.4 is 4.90 Å². The minimum Gasteiger partial charge on any atom is -0.456 e. The Bertz CT molecular complexity index is 2140. The van der Waals surface area contributed by atoms with Crippen LogP contribution in [0, 0.1) is 0 Å². The lowest BCUT2D eigenvalue weighted by Crippen LogP contribution is -2.09. The number of para-hydroxylation sites is 2. The van der Waals surface area contributed by atoms with Crippen LogP contribution in [0.3, 0.4) is 0 Å². The number of nitrogens with zero attached hydrogens (tertiary/aromatic N) is 1. The number of rotatable bonds is 3. The summed E-state index contributed by atoms with van der Waals surface area (Å²) < 4.78 is 6.11. The second kappa shape index (κ2) is 8.22. The van der Waals surface area contributed by atoms with Gasteiger partial charge in [-0.2, -0.15) is 0 Å². The van der Waals surface area contributed by atoms with Crippen molar-refractivity contribution in [3.05, 3.63) is 140 Å². The van der Waals surface area contributed by atoms with Crippen LogP contribution in [-0.2, 0) is 0 Å². The van der Waals surface area contributed by atoms with E-state index < -0.39 is 0 Å². The van der Waals surface area contributed by atoms with Crippen molar-refractivity contribution in [1.29, 1.82) is 0 Å². The zero-order chi connectivity index (χ0) is 25.1. The molecule has 7 aromatic carbocycles. The van der Waals surface area contributed by atoms with E-state index in [1.165, 1.54) is 32.3 Å². The maximum absolute atomic E-state index is 6.11. The van der Waals surface area contributed by atoms with Gasteiger partial charge in [-0.3, -0.25) is 0 Å². The first kappa shape index (κ1) is 21.0. The van der Waals surface area contributed by atoms with E-state index in [1.54, 1.807) is 0 Å². The molecule has 38 heavy (non-hydrogen) atoms. The molecule has 0 atom stereocenters. The highest BCUT2D eigenvalue weighted by Crippen LogP contribution is 2.40. The lowest BCUT2D eigenvalue weighted by atomic mass is 9.96. The number of hydrogen-bond acceptors (Lipinski definition) is 2. The topological polar surface area (TPSA) is 16.4 Å². The maximum atomic E-state index is 6.11. The Hall–Kier alpha value is -5.08. The highest BCUT2D eigenvalue weighted by molar-refractivity contribution is 6.17. The largest absolute Gasteiger partial charge is 0.456 e. The summed E-state index contributed by atoms with van der Waals surface area (Å²) in [6, 6.07) is 49.7. The molecule has 0 aliphatic rings. The van der Waals surface area contributed by atoms with Crippen molar-refractivity contribution in [2.75, 3.05) is 4.90 Å². The Labute approximate surface area is 220 Å². The van der Waals surface area contributed by atoms with Crippen molar-refractivity contribution in [3.63, 3.8) is 0 Å². The molecule has 0 saturated carbocycles. The van der Waals surface area contributed by atoms with Crippen LogP contribution >= 0.6 is 0 Å². The highest BCUT2D eigenvalue weighted by atomic mass is 16.3. The van der Waals surface area contributed by atoms with Gasteiger partial charge in [-0.25, -0.2) is 0 Å². The first-order valence-electron chi connectivity index (χ1n) is 12.9. The number of benzene rings is 7. The minimum absolute atomic E-state index is 0.903. The molecule has 0 fully saturated rings. The Morgan fingerprint density at radius 3 is 1.82 bits per heavy atom. The van der Waals surface area contributed by atoms with Crippen molar-refractivity contribution in [3.8, 4) is 0 Å². The fourth-order valence-electron chi connectivity index (χ4n) is 5.83. The van der Waals surface area contributed by atoms with E-state index in [-0.39, 0.29) is 0 Å². The van der Waals surface area contributed by atoms with E-state index in [2.05, 4.69) is 132 Å². The second-order valence-electron chi connectivity index (χ2n) is 9.80. The summed E-state index contributed by atoms with van der Waals surface area (Å²) in [5.41, 5.74) is 5.15. The molecule has 2 nitrogen and oxygen atoms in total. The highest BCUT2D eigenvalue weighted by Gasteiger charge is 2.16. The summed E-state index contributed by atoms with van der Waals surface area (Å²) >= 11 is 0. The Balaban J connectivity index is 1.34. The Morgan fingerprint density at radius 1 is 0.342 bits per heavy atom. The van der Waals surface area contributed by atoms with E-state index in [9.17, 15) is 0 Å². The molecular formula is C36H23NO. The maximum Gasteiger partial charge on any atom is 0.135 e. The van der Waals surface area contributed by atoms with Crippen LogP contribution in [0.25, 0.3) is 54.3 Å². The number of hydrogen-bond donors (Lipinski definition) is 0. The van der Waals surface area contributed by atoms with Crippen LogP contribution in [0.15, 0.2) is 144 Å². The fourth-order valence-corrected chi connectivity index (χ4v) is 5.83. The zero-order valence-corrected chi connectivity index (χ0v) is 20.6. The molecule has 0 amide bonds. The molecular weight excluding hydrogens is 462 g/mol. The molecule has 0 radical (unpaired) electrons. The lowest BCUT2D eigenvalue weighted by molar-refractivity contribution is 0.669. The molecule has 0 saturated heterocycles. The minimum atomic E-state index is 0.903. The normalized spacial score (nSPS) is 11.7. The average Bonchev–Trinajstić information content (AvgIpc) is 3.35. The van der Waals surface area contributed by atoms with Gasteiger partial charge in [-0.1, -0.05) is 91.0 Å². The van der Waals surface area contributed by atoms with Gasteiger partial charge < -0.3 is 9.32 Å². The standard InChI is InChI=1S/C36H23NO/c1-2-9-26(10-3-1)37(28-17-21-36-34(23-28)33-12-6-7-13-35(33)38-36)27-16-20-30-25(22-27)15-19-31-29-11-5-4-8-24(29)14-18-32(30)31/h1-23H. The molecule has 0 N–H and O–H groups in total. The van der Waals surface area contributed by atoms with E-state index >= 15 is 0 Å². The van der Waals surface area contributed by atoms with Crippen LogP contribution in [0.1, 0.15) is 0 Å². The van der Waals surface area contributed by atoms with Gasteiger partial charge in [0, 0.05) is 27.8 Å². The van der Waals surface area contributed by atoms with Crippen LogP contribution in [-0.4, -0.2) is 0 Å². The van der Waals surface area contributed by atoms with Gasteiger partial charge in [0.2, 0.25) is 0 Å². The van der Waals surface area contributed by atoms with Crippen LogP contribution in [0.2, 0.25) is 0 Å². The van der Waals surface area contributed by atoms with Gasteiger partial charge in [-0.15, -0.1) is 0 Å². The Kier molecular flexibility index (Phi) is 4.55. The average molecular weight is 486 g/mol. The van der Waals surface area contributed by atoms with Crippen LogP contribution in [0.5, 0.6) is 0 Å². The summed E-state index contributed by atoms with van der Waals surface area (Å²) in [6.07, 6.45) is 0. The Morgan fingerprint density at radius 2 is 0.947 bits per heavy atom. The van der Waals surface area contributed by atoms with Gasteiger partial charge in [0.25, 0.3) is 0 Å². The molecule has 2 heteroatoms. The third kappa shape index (κ3) is 3.21. The first-order chi connectivity index (χ1) is 18.8. The predicted molar refractivity (Wildman–Crippen MR) is 161 cm³/mol. The first-order valence-corrected chi connectivity index (χ1v) is 12.9.